The molecule has 1 rings (SSSR count). The van der Waals surface area contributed by atoms with Crippen molar-refractivity contribution in [3.05, 3.63) is 35.9 Å². The van der Waals surface area contributed by atoms with Crippen LogP contribution < -0.4 is 0 Å². The first kappa shape index (κ1) is 27.2. The molecular weight excluding hydrogens is 276 g/mol. The minimum Gasteiger partial charge on any atom is -0.483 e. The Balaban J connectivity index is -0.0000000927. The number of Topliss-reactive ketones (excluding diaryl/α,β-unsaturated/α-hetero) is 1. The number of aliphatic hydroxyl groups is 1. The van der Waals surface area contributed by atoms with Gasteiger partial charge in [-0.05, 0) is 27.7 Å². The normalized spacial score (nSPS) is 6.57. The van der Waals surface area contributed by atoms with Crippen LogP contribution >= 0.6 is 0 Å². The van der Waals surface area contributed by atoms with Crippen molar-refractivity contribution in [3.8, 4) is 0 Å². The summed E-state index contributed by atoms with van der Waals surface area (Å²) in [5, 5.41) is 13.9. The number of carbonyl (C=O) groups is 3. The Morgan fingerprint density at radius 3 is 1.57 bits per heavy atom. The summed E-state index contributed by atoms with van der Waals surface area (Å²) >= 11 is 0. The second-order valence-corrected chi connectivity index (χ2v) is 3.22. The molecular formula is C15H26O6. The Labute approximate surface area is 126 Å². The first-order valence-corrected chi connectivity index (χ1v) is 6.02. The zero-order valence-corrected chi connectivity index (χ0v) is 13.3. The highest BCUT2D eigenvalue weighted by atomic mass is 16.5. The predicted molar refractivity (Wildman–Crippen MR) is 82.1 cm³/mol. The summed E-state index contributed by atoms with van der Waals surface area (Å²) in [6.45, 7) is 7.55. The molecule has 0 fully saturated rings. The fourth-order valence-corrected chi connectivity index (χ4v) is 0.602. The molecule has 6 nitrogen and oxygen atoms in total. The molecule has 0 radical (unpaired) electrons. The molecule has 1 aromatic rings. The lowest BCUT2D eigenvalue weighted by Crippen LogP contribution is -1.80. The summed E-state index contributed by atoms with van der Waals surface area (Å²) in [5.74, 6) is 0.167. The average molecular weight is 302 g/mol. The molecule has 0 aliphatic rings. The van der Waals surface area contributed by atoms with Gasteiger partial charge in [-0.3, -0.25) is 9.59 Å². The lowest BCUT2D eigenvalue weighted by molar-refractivity contribution is -0.128. The molecule has 1 aromatic carbocycles. The second kappa shape index (κ2) is 30.7. The third-order valence-electron chi connectivity index (χ3n) is 1.18. The summed E-state index contributed by atoms with van der Waals surface area (Å²) in [6, 6.07) is 10.3. The monoisotopic (exact) mass is 302 g/mol. The second-order valence-electron chi connectivity index (χ2n) is 3.22. The molecule has 0 atom stereocenters. The van der Waals surface area contributed by atoms with Crippen molar-refractivity contribution in [3.63, 3.8) is 0 Å². The summed E-state index contributed by atoms with van der Waals surface area (Å²) in [7, 11) is 1.00. The van der Waals surface area contributed by atoms with E-state index in [2.05, 4.69) is 23.8 Å². The standard InChI is InChI=1S/C7H8.C3H6O2.C3H6O.CH2O2.CH4O/c1-7-5-3-2-4-6-7;1-2-5-3-4;1-3(2)4;2-1-3;1-2/h2-6H,1H3;3H,2H2,1H3;1-2H3;1H,(H,2,3);2H,1H3. The van der Waals surface area contributed by atoms with E-state index in [-0.39, 0.29) is 12.3 Å². The van der Waals surface area contributed by atoms with E-state index in [9.17, 15) is 9.59 Å². The smallest absolute Gasteiger partial charge is 0.293 e. The third-order valence-corrected chi connectivity index (χ3v) is 1.18. The van der Waals surface area contributed by atoms with Crippen LogP contribution in [0, 0.1) is 6.92 Å². The minimum absolute atomic E-state index is 0.167. The molecule has 0 amide bonds. The van der Waals surface area contributed by atoms with Gasteiger partial charge in [-0.2, -0.15) is 0 Å². The van der Waals surface area contributed by atoms with Gasteiger partial charge in [0.2, 0.25) is 0 Å². The van der Waals surface area contributed by atoms with Crippen molar-refractivity contribution in [1.82, 2.24) is 0 Å². The highest BCUT2D eigenvalue weighted by molar-refractivity contribution is 5.72. The quantitative estimate of drug-likeness (QED) is 0.811. The van der Waals surface area contributed by atoms with Crippen LogP contribution in [0.5, 0.6) is 0 Å². The van der Waals surface area contributed by atoms with Crippen LogP contribution in [0.25, 0.3) is 0 Å². The molecule has 2 N–H and O–H groups in total. The van der Waals surface area contributed by atoms with Gasteiger partial charge in [0, 0.05) is 7.11 Å². The molecule has 0 saturated carbocycles. The van der Waals surface area contributed by atoms with Gasteiger partial charge < -0.3 is 19.7 Å². The van der Waals surface area contributed by atoms with E-state index in [1.165, 1.54) is 19.4 Å². The van der Waals surface area contributed by atoms with E-state index >= 15 is 0 Å². The van der Waals surface area contributed by atoms with Crippen molar-refractivity contribution < 1.29 is 29.3 Å². The summed E-state index contributed by atoms with van der Waals surface area (Å²) in [6.07, 6.45) is 0. The van der Waals surface area contributed by atoms with Gasteiger partial charge in [-0.15, -0.1) is 0 Å². The number of carbonyl (C=O) groups excluding carboxylic acids is 2. The van der Waals surface area contributed by atoms with Crippen LogP contribution in [0.3, 0.4) is 0 Å². The van der Waals surface area contributed by atoms with E-state index in [0.717, 1.165) is 7.11 Å². The maximum absolute atomic E-state index is 9.44. The molecule has 0 aliphatic carbocycles. The number of rotatable bonds is 2. The largest absolute Gasteiger partial charge is 0.483 e. The third kappa shape index (κ3) is 73.1. The number of benzene rings is 1. The van der Waals surface area contributed by atoms with Gasteiger partial charge in [0.15, 0.2) is 0 Å². The Morgan fingerprint density at radius 1 is 1.14 bits per heavy atom. The van der Waals surface area contributed by atoms with E-state index in [1.807, 2.05) is 18.2 Å². The number of aliphatic hydroxyl groups excluding tert-OH is 1. The molecule has 0 spiro atoms. The number of ether oxygens (including phenoxy) is 1. The number of hydrogen-bond donors (Lipinski definition) is 2. The fraction of sp³-hybridized carbons (Fsp3) is 0.400. The molecule has 0 bridgehead atoms. The lowest BCUT2D eigenvalue weighted by Gasteiger charge is -1.82. The van der Waals surface area contributed by atoms with E-state index in [4.69, 9.17) is 15.0 Å². The maximum Gasteiger partial charge on any atom is 0.293 e. The van der Waals surface area contributed by atoms with Gasteiger partial charge in [0.25, 0.3) is 12.9 Å². The zero-order valence-electron chi connectivity index (χ0n) is 13.3. The average Bonchev–Trinajstić information content (AvgIpc) is 2.44. The van der Waals surface area contributed by atoms with Crippen LogP contribution in [0.4, 0.5) is 0 Å². The molecule has 122 valence electrons. The Kier molecular flexibility index (Phi) is 39.7. The van der Waals surface area contributed by atoms with Crippen LogP contribution in [-0.2, 0) is 19.1 Å². The Bertz CT molecular complexity index is 307. The van der Waals surface area contributed by atoms with Crippen molar-refractivity contribution in [2.24, 2.45) is 0 Å². The summed E-state index contributed by atoms with van der Waals surface area (Å²) in [5.41, 5.74) is 1.32. The topological polar surface area (TPSA) is 101 Å². The summed E-state index contributed by atoms with van der Waals surface area (Å²) in [4.78, 5) is 27.0. The van der Waals surface area contributed by atoms with Gasteiger partial charge >= 0.3 is 0 Å². The van der Waals surface area contributed by atoms with Crippen LogP contribution in [0.2, 0.25) is 0 Å². The number of carboxylic acid groups (broad SMARTS) is 1. The number of ketones is 1. The molecule has 6 heteroatoms. The molecule has 0 heterocycles. The first-order valence-electron chi connectivity index (χ1n) is 6.02. The maximum atomic E-state index is 9.44. The lowest BCUT2D eigenvalue weighted by atomic mass is 10.2. The van der Waals surface area contributed by atoms with E-state index in [0.29, 0.717) is 13.1 Å². The molecule has 0 aromatic heterocycles. The zero-order chi connectivity index (χ0) is 17.5. The fourth-order valence-electron chi connectivity index (χ4n) is 0.602. The van der Waals surface area contributed by atoms with Gasteiger partial charge in [-0.1, -0.05) is 35.9 Å². The highest BCUT2D eigenvalue weighted by Gasteiger charge is 1.72. The van der Waals surface area contributed by atoms with Crippen molar-refractivity contribution in [2.75, 3.05) is 13.7 Å². The summed E-state index contributed by atoms with van der Waals surface area (Å²) < 4.78 is 4.15. The minimum atomic E-state index is -0.250. The Morgan fingerprint density at radius 2 is 1.48 bits per heavy atom. The number of hydrogen-bond acceptors (Lipinski definition) is 5. The molecule has 0 aliphatic heterocycles. The van der Waals surface area contributed by atoms with E-state index < -0.39 is 0 Å². The molecule has 21 heavy (non-hydrogen) atoms. The first-order chi connectivity index (χ1) is 9.95. The number of aryl methyl sites for hydroxylation is 1. The molecule has 0 unspecified atom stereocenters. The van der Waals surface area contributed by atoms with Gasteiger partial charge in [-0.25, -0.2) is 0 Å². The van der Waals surface area contributed by atoms with Crippen LogP contribution in [0.15, 0.2) is 30.3 Å². The van der Waals surface area contributed by atoms with E-state index in [1.54, 1.807) is 6.92 Å². The van der Waals surface area contributed by atoms with Crippen molar-refractivity contribution >= 4 is 18.7 Å². The van der Waals surface area contributed by atoms with Crippen molar-refractivity contribution in [1.29, 1.82) is 0 Å². The SMILES string of the molecule is CC(C)=O.CCOC=O.CO.Cc1ccccc1.O=CO. The highest BCUT2D eigenvalue weighted by Crippen LogP contribution is 1.92. The Hall–Kier alpha value is -2.21. The van der Waals surface area contributed by atoms with Crippen LogP contribution in [0.1, 0.15) is 26.3 Å². The van der Waals surface area contributed by atoms with Crippen LogP contribution in [-0.4, -0.2) is 42.7 Å². The van der Waals surface area contributed by atoms with Gasteiger partial charge in [0.1, 0.15) is 5.78 Å². The van der Waals surface area contributed by atoms with Crippen molar-refractivity contribution in [2.45, 2.75) is 27.7 Å². The van der Waals surface area contributed by atoms with Gasteiger partial charge in [0.05, 0.1) is 6.61 Å². The molecule has 0 saturated heterocycles. The predicted octanol–water partition coefficient (Wildman–Crippen LogP) is 2.08.